The van der Waals surface area contributed by atoms with Gasteiger partial charge in [0.2, 0.25) is 5.43 Å². The van der Waals surface area contributed by atoms with Gasteiger partial charge in [-0.1, -0.05) is 91.0 Å². The predicted molar refractivity (Wildman–Crippen MR) is 178 cm³/mol. The number of H-pyrrole nitrogens is 3. The lowest BCUT2D eigenvalue weighted by Crippen LogP contribution is -1.98. The van der Waals surface area contributed by atoms with Crippen LogP contribution in [0.2, 0.25) is 0 Å². The smallest absolute Gasteiger partial charge is 0.225 e. The monoisotopic (exact) mass is 554 g/mol. The Morgan fingerprint density at radius 3 is 1.12 bits per heavy atom. The second kappa shape index (κ2) is 10.2. The van der Waals surface area contributed by atoms with Gasteiger partial charge >= 0.3 is 0 Å². The first kappa shape index (κ1) is 24.8. The van der Waals surface area contributed by atoms with Crippen molar-refractivity contribution >= 4 is 45.3 Å². The molecule has 0 fully saturated rings. The van der Waals surface area contributed by atoms with E-state index in [-0.39, 0.29) is 5.43 Å². The lowest BCUT2D eigenvalue weighted by molar-refractivity contribution is 1.32. The highest BCUT2D eigenvalue weighted by atomic mass is 16.1. The fraction of sp³-hybridized carbons (Fsp3) is 0. The molecular weight excluding hydrogens is 528 g/mol. The summed E-state index contributed by atoms with van der Waals surface area (Å²) in [6.07, 6.45) is 4.14. The van der Waals surface area contributed by atoms with E-state index < -0.39 is 0 Å². The summed E-state index contributed by atoms with van der Waals surface area (Å²) in [6.45, 7) is 0. The maximum absolute atomic E-state index is 13.7. The first-order chi connectivity index (χ1) is 21.2. The first-order valence-corrected chi connectivity index (χ1v) is 14.3. The molecule has 1 aliphatic heterocycles. The number of nitrogens with one attached hydrogen (secondary N) is 3. The van der Waals surface area contributed by atoms with Gasteiger partial charge in [-0.15, -0.1) is 0 Å². The molecule has 0 spiro atoms. The summed E-state index contributed by atoms with van der Waals surface area (Å²) < 4.78 is 0. The summed E-state index contributed by atoms with van der Waals surface area (Å²) in [5.74, 6) is 0. The molecule has 5 heterocycles. The summed E-state index contributed by atoms with van der Waals surface area (Å²) >= 11 is 0. The zero-order valence-corrected chi connectivity index (χ0v) is 23.1. The summed E-state index contributed by atoms with van der Waals surface area (Å²) in [7, 11) is 0. The van der Waals surface area contributed by atoms with E-state index in [0.29, 0.717) is 11.0 Å². The third kappa shape index (κ3) is 4.35. The maximum Gasteiger partial charge on any atom is 0.225 e. The Hall–Kier alpha value is -5.94. The van der Waals surface area contributed by atoms with E-state index >= 15 is 0 Å². The van der Waals surface area contributed by atoms with E-state index in [1.165, 1.54) is 0 Å². The average Bonchev–Trinajstić information content (AvgIpc) is 3.88. The van der Waals surface area contributed by atoms with Crippen molar-refractivity contribution in [1.29, 1.82) is 0 Å². The molecule has 0 unspecified atom stereocenters. The molecule has 7 aromatic rings. The third-order valence-corrected chi connectivity index (χ3v) is 7.96. The highest BCUT2D eigenvalue weighted by molar-refractivity contribution is 5.98. The van der Waals surface area contributed by atoms with Crippen LogP contribution < -0.4 is 5.43 Å². The fourth-order valence-corrected chi connectivity index (χ4v) is 5.97. The molecule has 0 radical (unpaired) electrons. The highest BCUT2D eigenvalue weighted by Gasteiger charge is 2.16. The van der Waals surface area contributed by atoms with Crippen LogP contribution in [0, 0.1) is 0 Å². The van der Waals surface area contributed by atoms with Crippen molar-refractivity contribution in [1.82, 2.24) is 19.9 Å². The number of rotatable bonds is 3. The molecule has 0 saturated carbocycles. The third-order valence-electron chi connectivity index (χ3n) is 7.96. The van der Waals surface area contributed by atoms with Crippen molar-refractivity contribution in [3.05, 3.63) is 149 Å². The molecule has 3 N–H and O–H groups in total. The molecule has 3 aromatic carbocycles. The van der Waals surface area contributed by atoms with Crippen LogP contribution in [0.5, 0.6) is 0 Å². The fourth-order valence-electron chi connectivity index (χ4n) is 5.97. The van der Waals surface area contributed by atoms with Crippen molar-refractivity contribution in [3.8, 4) is 33.4 Å². The minimum Gasteiger partial charge on any atom is -0.354 e. The van der Waals surface area contributed by atoms with E-state index in [1.807, 2.05) is 66.7 Å². The molecule has 0 aliphatic carbocycles. The van der Waals surface area contributed by atoms with Crippen LogP contribution >= 0.6 is 0 Å². The summed E-state index contributed by atoms with van der Waals surface area (Å²) in [6, 6.07) is 42.6. The number of benzene rings is 3. The van der Waals surface area contributed by atoms with Crippen molar-refractivity contribution in [3.63, 3.8) is 0 Å². The van der Waals surface area contributed by atoms with Crippen molar-refractivity contribution in [2.45, 2.75) is 0 Å². The Kier molecular flexibility index (Phi) is 5.86. The molecule has 204 valence electrons. The van der Waals surface area contributed by atoms with Gasteiger partial charge in [0.25, 0.3) is 0 Å². The van der Waals surface area contributed by atoms with Crippen LogP contribution in [0.25, 0.3) is 78.6 Å². The van der Waals surface area contributed by atoms with E-state index in [2.05, 4.69) is 87.8 Å². The van der Waals surface area contributed by atoms with Crippen molar-refractivity contribution in [2.75, 3.05) is 0 Å². The molecular formula is C38H26N4O. The average molecular weight is 555 g/mol. The quantitative estimate of drug-likeness (QED) is 0.204. The van der Waals surface area contributed by atoms with E-state index in [0.717, 1.165) is 66.8 Å². The van der Waals surface area contributed by atoms with Crippen LogP contribution in [0.4, 0.5) is 0 Å². The molecule has 1 aliphatic rings. The van der Waals surface area contributed by atoms with Gasteiger partial charge in [0, 0.05) is 38.8 Å². The van der Waals surface area contributed by atoms with Gasteiger partial charge in [-0.3, -0.25) is 4.79 Å². The topological polar surface area (TPSA) is 77.3 Å². The normalized spacial score (nSPS) is 11.7. The maximum atomic E-state index is 13.7. The molecule has 8 bridgehead atoms. The van der Waals surface area contributed by atoms with Gasteiger partial charge in [0.15, 0.2) is 0 Å². The van der Waals surface area contributed by atoms with Gasteiger partial charge in [-0.25, -0.2) is 4.98 Å². The minimum absolute atomic E-state index is 0.104. The largest absolute Gasteiger partial charge is 0.354 e. The minimum atomic E-state index is -0.104. The van der Waals surface area contributed by atoms with Crippen molar-refractivity contribution in [2.24, 2.45) is 0 Å². The van der Waals surface area contributed by atoms with E-state index in [1.54, 1.807) is 0 Å². The van der Waals surface area contributed by atoms with Gasteiger partial charge in [-0.2, -0.15) is 0 Å². The van der Waals surface area contributed by atoms with E-state index in [4.69, 9.17) is 4.98 Å². The Bertz CT molecular complexity index is 2350. The zero-order valence-electron chi connectivity index (χ0n) is 23.1. The van der Waals surface area contributed by atoms with Gasteiger partial charge in [0.05, 0.1) is 22.4 Å². The molecule has 8 rings (SSSR count). The van der Waals surface area contributed by atoms with Gasteiger partial charge < -0.3 is 15.0 Å². The lowest BCUT2D eigenvalue weighted by atomic mass is 10.0. The number of hydrogen-bond donors (Lipinski definition) is 3. The number of fused-ring (bicyclic) bond motifs is 8. The van der Waals surface area contributed by atoms with E-state index in [9.17, 15) is 4.79 Å². The Morgan fingerprint density at radius 2 is 0.698 bits per heavy atom. The summed E-state index contributed by atoms with van der Waals surface area (Å²) in [5, 5.41) is 0. The van der Waals surface area contributed by atoms with Crippen molar-refractivity contribution < 1.29 is 0 Å². The predicted octanol–water partition coefficient (Wildman–Crippen LogP) is 9.06. The first-order valence-electron chi connectivity index (χ1n) is 14.3. The molecule has 0 saturated heterocycles. The second-order valence-corrected chi connectivity index (χ2v) is 10.6. The summed E-state index contributed by atoms with van der Waals surface area (Å²) in [4.78, 5) is 29.5. The SMILES string of the molecule is O=c1c2ccc([nH]2)c(-c2ccccc2)c2nc(c(-c3ccccc3)c3ccc([nH]3)c(-c3ccccc3)c3ccc1[nH]3)C=C2. The molecule has 0 amide bonds. The van der Waals surface area contributed by atoms with Crippen LogP contribution in [0.15, 0.2) is 132 Å². The zero-order chi connectivity index (χ0) is 28.8. The van der Waals surface area contributed by atoms with Gasteiger partial charge in [-0.05, 0) is 65.2 Å². The van der Waals surface area contributed by atoms with Crippen LogP contribution in [-0.2, 0) is 0 Å². The molecule has 43 heavy (non-hydrogen) atoms. The molecule has 4 aromatic heterocycles. The van der Waals surface area contributed by atoms with Crippen LogP contribution in [0.3, 0.4) is 0 Å². The number of aromatic amines is 3. The Morgan fingerprint density at radius 1 is 0.372 bits per heavy atom. The Balaban J connectivity index is 1.58. The molecule has 5 nitrogen and oxygen atoms in total. The summed E-state index contributed by atoms with van der Waals surface area (Å²) in [5.41, 5.74) is 12.2. The molecule has 0 atom stereocenters. The van der Waals surface area contributed by atoms with Gasteiger partial charge in [0.1, 0.15) is 0 Å². The number of hydrogen-bond acceptors (Lipinski definition) is 2. The standard InChI is InChI=1S/C38H26N4O/c43-38-33-22-20-31(41-33)36(25-12-6-2-7-13-25)29-18-16-27(39-29)35(24-10-4-1-5-11-24)28-17-19-30(40-28)37(26-14-8-3-9-15-26)32-21-23-34(38)42-32/h1-23,39,41-42H. The number of aromatic nitrogens is 4. The lowest BCUT2D eigenvalue weighted by Gasteiger charge is -2.05. The highest BCUT2D eigenvalue weighted by Crippen LogP contribution is 2.35. The molecule has 5 heteroatoms. The van der Waals surface area contributed by atoms with Crippen LogP contribution in [0.1, 0.15) is 11.4 Å². The van der Waals surface area contributed by atoms with Crippen LogP contribution in [-0.4, -0.2) is 19.9 Å². The second-order valence-electron chi connectivity index (χ2n) is 10.6. The Labute approximate surface area is 247 Å². The number of nitrogens with zero attached hydrogens (tertiary/aromatic N) is 1.